The highest BCUT2D eigenvalue weighted by Gasteiger charge is 2.25. The van der Waals surface area contributed by atoms with E-state index in [0.29, 0.717) is 18.4 Å². The van der Waals surface area contributed by atoms with Gasteiger partial charge in [0.2, 0.25) is 0 Å². The summed E-state index contributed by atoms with van der Waals surface area (Å²) >= 11 is 0. The summed E-state index contributed by atoms with van der Waals surface area (Å²) in [4.78, 5) is 2.71. The van der Waals surface area contributed by atoms with E-state index in [-0.39, 0.29) is 6.04 Å². The van der Waals surface area contributed by atoms with Gasteiger partial charge < -0.3 is 5.32 Å². The largest absolute Gasteiger partial charge is 0.302 e. The molecular weight excluding hydrogens is 226 g/mol. The maximum atomic E-state index is 9.24. The molecule has 5 heteroatoms. The van der Waals surface area contributed by atoms with Gasteiger partial charge in [0.1, 0.15) is 0 Å². The monoisotopic (exact) mass is 247 g/mol. The van der Waals surface area contributed by atoms with Crippen molar-refractivity contribution in [1.82, 2.24) is 5.32 Å². The van der Waals surface area contributed by atoms with Crippen molar-refractivity contribution in [2.45, 2.75) is 39.2 Å². The van der Waals surface area contributed by atoms with Gasteiger partial charge in [0.25, 0.3) is 0 Å². The predicted octanol–water partition coefficient (Wildman–Crippen LogP) is 3.16. The lowest BCUT2D eigenvalue weighted by atomic mass is 9.80. The standard InChI is InChI=1S/C13H21N5/c1-10-6-11(2)8-12(7-10)13(9-14)16-4-3-5-17-18-15/h6,10,12-13,16H,3-5,7-8H2,1-2H3. The summed E-state index contributed by atoms with van der Waals surface area (Å²) < 4.78 is 0. The summed E-state index contributed by atoms with van der Waals surface area (Å²) in [5, 5.41) is 16.0. The zero-order chi connectivity index (χ0) is 13.4. The minimum absolute atomic E-state index is 0.0952. The van der Waals surface area contributed by atoms with Crippen LogP contribution >= 0.6 is 0 Å². The van der Waals surface area contributed by atoms with E-state index in [0.717, 1.165) is 25.8 Å². The van der Waals surface area contributed by atoms with E-state index in [1.807, 2.05) is 0 Å². The molecule has 0 saturated heterocycles. The van der Waals surface area contributed by atoms with Crippen LogP contribution in [0.1, 0.15) is 33.1 Å². The highest BCUT2D eigenvalue weighted by atomic mass is 15.1. The zero-order valence-electron chi connectivity index (χ0n) is 11.1. The van der Waals surface area contributed by atoms with Crippen LogP contribution in [0.5, 0.6) is 0 Å². The minimum atomic E-state index is -0.0952. The minimum Gasteiger partial charge on any atom is -0.302 e. The fourth-order valence-electron chi connectivity index (χ4n) is 2.62. The molecule has 0 amide bonds. The lowest BCUT2D eigenvalue weighted by molar-refractivity contribution is 0.337. The second-order valence-electron chi connectivity index (χ2n) is 5.06. The van der Waals surface area contributed by atoms with E-state index in [1.54, 1.807) is 0 Å². The first-order valence-electron chi connectivity index (χ1n) is 6.48. The molecule has 3 unspecified atom stereocenters. The molecule has 1 aliphatic rings. The van der Waals surface area contributed by atoms with E-state index in [2.05, 4.69) is 41.3 Å². The maximum absolute atomic E-state index is 9.24. The van der Waals surface area contributed by atoms with Crippen LogP contribution in [-0.4, -0.2) is 19.1 Å². The van der Waals surface area contributed by atoms with Crippen LogP contribution < -0.4 is 5.32 Å². The molecule has 0 aliphatic heterocycles. The molecule has 1 N–H and O–H groups in total. The Morgan fingerprint density at radius 1 is 1.72 bits per heavy atom. The molecule has 0 fully saturated rings. The molecule has 0 aromatic heterocycles. The zero-order valence-corrected chi connectivity index (χ0v) is 11.1. The van der Waals surface area contributed by atoms with Gasteiger partial charge in [-0.1, -0.05) is 23.7 Å². The van der Waals surface area contributed by atoms with Crippen LogP contribution in [0.25, 0.3) is 10.4 Å². The van der Waals surface area contributed by atoms with Crippen molar-refractivity contribution in [3.63, 3.8) is 0 Å². The fraction of sp³-hybridized carbons (Fsp3) is 0.769. The van der Waals surface area contributed by atoms with Gasteiger partial charge in [0.05, 0.1) is 12.1 Å². The third-order valence-electron chi connectivity index (χ3n) is 3.30. The normalized spacial score (nSPS) is 24.6. The Hall–Kier alpha value is -1.50. The van der Waals surface area contributed by atoms with Crippen molar-refractivity contribution in [3.05, 3.63) is 22.1 Å². The molecule has 5 nitrogen and oxygen atoms in total. The molecule has 1 rings (SSSR count). The Balaban J connectivity index is 2.39. The fourth-order valence-corrected chi connectivity index (χ4v) is 2.62. The number of nitrogens with one attached hydrogen (secondary N) is 1. The highest BCUT2D eigenvalue weighted by molar-refractivity contribution is 5.10. The number of nitrogens with zero attached hydrogens (tertiary/aromatic N) is 4. The van der Waals surface area contributed by atoms with Crippen LogP contribution in [-0.2, 0) is 0 Å². The van der Waals surface area contributed by atoms with Gasteiger partial charge in [-0.25, -0.2) is 0 Å². The quantitative estimate of drug-likeness (QED) is 0.257. The van der Waals surface area contributed by atoms with E-state index >= 15 is 0 Å². The first kappa shape index (κ1) is 14.6. The summed E-state index contributed by atoms with van der Waals surface area (Å²) in [5.74, 6) is 0.957. The van der Waals surface area contributed by atoms with Crippen LogP contribution in [0.15, 0.2) is 16.8 Å². The molecular formula is C13H21N5. The molecule has 0 aromatic rings. The predicted molar refractivity (Wildman–Crippen MR) is 71.7 cm³/mol. The van der Waals surface area contributed by atoms with E-state index in [4.69, 9.17) is 5.53 Å². The van der Waals surface area contributed by atoms with Crippen LogP contribution in [0.4, 0.5) is 0 Å². The van der Waals surface area contributed by atoms with Crippen LogP contribution in [0.2, 0.25) is 0 Å². The topological polar surface area (TPSA) is 84.6 Å². The van der Waals surface area contributed by atoms with Crippen molar-refractivity contribution < 1.29 is 0 Å². The molecule has 0 heterocycles. The smallest absolute Gasteiger partial charge is 0.0984 e. The Morgan fingerprint density at radius 3 is 3.11 bits per heavy atom. The summed E-state index contributed by atoms with van der Waals surface area (Å²) in [7, 11) is 0. The number of hydrogen-bond acceptors (Lipinski definition) is 3. The molecule has 18 heavy (non-hydrogen) atoms. The molecule has 0 aromatic carbocycles. The summed E-state index contributed by atoms with van der Waals surface area (Å²) in [6.45, 7) is 5.55. The van der Waals surface area contributed by atoms with E-state index < -0.39 is 0 Å². The van der Waals surface area contributed by atoms with Gasteiger partial charge in [-0.05, 0) is 50.1 Å². The number of nitriles is 1. The lowest BCUT2D eigenvalue weighted by Gasteiger charge is -2.29. The van der Waals surface area contributed by atoms with Gasteiger partial charge in [-0.2, -0.15) is 5.26 Å². The Morgan fingerprint density at radius 2 is 2.50 bits per heavy atom. The Labute approximate surface area is 108 Å². The van der Waals surface area contributed by atoms with Gasteiger partial charge in [0.15, 0.2) is 0 Å². The second-order valence-corrected chi connectivity index (χ2v) is 5.06. The van der Waals surface area contributed by atoms with Crippen molar-refractivity contribution in [1.29, 1.82) is 5.26 Å². The van der Waals surface area contributed by atoms with E-state index in [1.165, 1.54) is 5.57 Å². The second kappa shape index (κ2) is 7.75. The van der Waals surface area contributed by atoms with Crippen molar-refractivity contribution in [3.8, 4) is 6.07 Å². The van der Waals surface area contributed by atoms with Crippen molar-refractivity contribution in [2.75, 3.05) is 13.1 Å². The number of allylic oxidation sites excluding steroid dienone is 2. The molecule has 98 valence electrons. The van der Waals surface area contributed by atoms with Crippen LogP contribution in [0.3, 0.4) is 0 Å². The molecule has 0 bridgehead atoms. The summed E-state index contributed by atoms with van der Waals surface area (Å²) in [6, 6.07) is 2.27. The molecule has 0 radical (unpaired) electrons. The third-order valence-corrected chi connectivity index (χ3v) is 3.30. The van der Waals surface area contributed by atoms with Gasteiger partial charge in [0, 0.05) is 11.5 Å². The van der Waals surface area contributed by atoms with Crippen molar-refractivity contribution >= 4 is 0 Å². The van der Waals surface area contributed by atoms with E-state index in [9.17, 15) is 5.26 Å². The van der Waals surface area contributed by atoms with Crippen molar-refractivity contribution in [2.24, 2.45) is 17.0 Å². The molecule has 0 spiro atoms. The summed E-state index contributed by atoms with van der Waals surface area (Å²) in [6.07, 6.45) is 5.15. The average molecular weight is 247 g/mol. The highest BCUT2D eigenvalue weighted by Crippen LogP contribution is 2.29. The number of hydrogen-bond donors (Lipinski definition) is 1. The summed E-state index contributed by atoms with van der Waals surface area (Å²) in [5.41, 5.74) is 9.55. The van der Waals surface area contributed by atoms with Gasteiger partial charge >= 0.3 is 0 Å². The molecule has 1 aliphatic carbocycles. The van der Waals surface area contributed by atoms with Gasteiger partial charge in [-0.3, -0.25) is 0 Å². The first-order valence-corrected chi connectivity index (χ1v) is 6.48. The average Bonchev–Trinajstić information content (AvgIpc) is 2.32. The van der Waals surface area contributed by atoms with Gasteiger partial charge in [-0.15, -0.1) is 0 Å². The lowest BCUT2D eigenvalue weighted by Crippen LogP contribution is -2.37. The molecule has 3 atom stereocenters. The maximum Gasteiger partial charge on any atom is 0.0984 e. The van der Waals surface area contributed by atoms with Crippen LogP contribution in [0, 0.1) is 23.2 Å². The Bertz CT molecular complexity index is 375. The number of azide groups is 1. The third kappa shape index (κ3) is 4.79. The Kier molecular flexibility index (Phi) is 6.27. The first-order chi connectivity index (χ1) is 8.67. The SMILES string of the molecule is CC1=CC(C)CC(C(C#N)NCCCN=[N+]=[N-])C1. The number of rotatable bonds is 6. The molecule has 0 saturated carbocycles.